The molecule has 1 heterocycles. The number of thioether (sulfide) groups is 1. The summed E-state index contributed by atoms with van der Waals surface area (Å²) in [6, 6.07) is -1.46. The second-order valence-corrected chi connectivity index (χ2v) is 6.71. The second-order valence-electron chi connectivity index (χ2n) is 5.67. The third-order valence-corrected chi connectivity index (χ3v) is 4.87. The Morgan fingerprint density at radius 2 is 2.14 bits per heavy atom. The Morgan fingerprint density at radius 3 is 2.59 bits per heavy atom. The van der Waals surface area contributed by atoms with Gasteiger partial charge in [-0.1, -0.05) is 13.8 Å². The summed E-state index contributed by atoms with van der Waals surface area (Å²) in [6.07, 6.45) is -0.609. The lowest BCUT2D eigenvalue weighted by Crippen LogP contribution is -2.52. The van der Waals surface area contributed by atoms with Gasteiger partial charge in [-0.3, -0.25) is 4.99 Å². The van der Waals surface area contributed by atoms with Gasteiger partial charge in [0, 0.05) is 32.4 Å². The molecular formula is C14H25N3O4S. The van der Waals surface area contributed by atoms with Crippen molar-refractivity contribution in [1.82, 2.24) is 10.2 Å². The second kappa shape index (κ2) is 8.38. The molecule has 1 aliphatic heterocycles. The van der Waals surface area contributed by atoms with Crippen molar-refractivity contribution in [3.8, 4) is 0 Å². The molecule has 0 aromatic carbocycles. The first-order valence-corrected chi connectivity index (χ1v) is 8.22. The maximum absolute atomic E-state index is 12.1. The fourth-order valence-corrected chi connectivity index (χ4v) is 3.10. The Kier molecular flexibility index (Phi) is 7.15. The Morgan fingerprint density at radius 1 is 1.50 bits per heavy atom. The number of carboxylic acids is 1. The van der Waals surface area contributed by atoms with Crippen LogP contribution in [-0.4, -0.2) is 71.7 Å². The van der Waals surface area contributed by atoms with Crippen LogP contribution in [0.2, 0.25) is 0 Å². The van der Waals surface area contributed by atoms with Gasteiger partial charge in [0.1, 0.15) is 0 Å². The lowest BCUT2D eigenvalue weighted by atomic mass is 10.2. The predicted octanol–water partition coefficient (Wildman–Crippen LogP) is 1.29. The van der Waals surface area contributed by atoms with Gasteiger partial charge in [0.25, 0.3) is 0 Å². The van der Waals surface area contributed by atoms with Crippen molar-refractivity contribution in [3.05, 3.63) is 0 Å². The van der Waals surface area contributed by atoms with Crippen molar-refractivity contribution in [2.45, 2.75) is 39.0 Å². The summed E-state index contributed by atoms with van der Waals surface area (Å²) in [5, 5.41) is 12.7. The standard InChI is InChI=1S/C14H25N3O4S/c1-8(2)12-15-10(7-22-12)6-17(4)14(20)16-11(13(18)19)9(3)21-5/h8-11H,6-7H2,1-5H3,(H,16,20)(H,18,19)/t9?,10?,11-/m0/s1. The first-order valence-electron chi connectivity index (χ1n) is 7.24. The van der Waals surface area contributed by atoms with Gasteiger partial charge in [0.2, 0.25) is 0 Å². The zero-order valence-electron chi connectivity index (χ0n) is 13.7. The van der Waals surface area contributed by atoms with Gasteiger partial charge < -0.3 is 20.1 Å². The lowest BCUT2D eigenvalue weighted by Gasteiger charge is -2.25. The molecule has 0 saturated carbocycles. The minimum atomic E-state index is -1.12. The SMILES string of the molecule is COC(C)[C@H](NC(=O)N(C)CC1CSC(C(C)C)=N1)C(=O)O. The van der Waals surface area contributed by atoms with Gasteiger partial charge in [0.15, 0.2) is 6.04 Å². The summed E-state index contributed by atoms with van der Waals surface area (Å²) in [5.74, 6) is 0.128. The molecule has 0 bridgehead atoms. The fourth-order valence-electron chi connectivity index (χ4n) is 2.00. The maximum atomic E-state index is 12.1. The molecule has 0 saturated heterocycles. The molecule has 3 atom stereocenters. The van der Waals surface area contributed by atoms with Gasteiger partial charge in [0.05, 0.1) is 17.2 Å². The topological polar surface area (TPSA) is 91.2 Å². The van der Waals surface area contributed by atoms with E-state index in [4.69, 9.17) is 9.84 Å². The van der Waals surface area contributed by atoms with E-state index in [1.54, 1.807) is 25.7 Å². The van der Waals surface area contributed by atoms with Crippen LogP contribution in [0.1, 0.15) is 20.8 Å². The number of nitrogens with one attached hydrogen (secondary N) is 1. The number of carbonyl (C=O) groups excluding carboxylic acids is 1. The van der Waals surface area contributed by atoms with Crippen molar-refractivity contribution in [2.75, 3.05) is 26.5 Å². The number of aliphatic imine (C=N–C) groups is 1. The zero-order valence-corrected chi connectivity index (χ0v) is 14.5. The minimum absolute atomic E-state index is 0.0567. The molecular weight excluding hydrogens is 306 g/mol. The number of aliphatic carboxylic acids is 1. The summed E-state index contributed by atoms with van der Waals surface area (Å²) in [5.41, 5.74) is 0. The Balaban J connectivity index is 2.56. The maximum Gasteiger partial charge on any atom is 0.328 e. The lowest BCUT2D eigenvalue weighted by molar-refractivity contribution is -0.142. The van der Waals surface area contributed by atoms with E-state index in [-0.39, 0.29) is 6.04 Å². The highest BCUT2D eigenvalue weighted by molar-refractivity contribution is 8.14. The number of hydrogen-bond donors (Lipinski definition) is 2. The molecule has 0 radical (unpaired) electrons. The molecule has 7 nitrogen and oxygen atoms in total. The average Bonchev–Trinajstić information content (AvgIpc) is 2.91. The van der Waals surface area contributed by atoms with Gasteiger partial charge in [-0.15, -0.1) is 11.8 Å². The van der Waals surface area contributed by atoms with Gasteiger partial charge in [-0.2, -0.15) is 0 Å². The van der Waals surface area contributed by atoms with Crippen LogP contribution in [0.15, 0.2) is 4.99 Å². The molecule has 8 heteroatoms. The number of urea groups is 1. The van der Waals surface area contributed by atoms with Crippen molar-refractivity contribution >= 4 is 28.8 Å². The van der Waals surface area contributed by atoms with Gasteiger partial charge in [-0.05, 0) is 6.92 Å². The average molecular weight is 331 g/mol. The van der Waals surface area contributed by atoms with Crippen molar-refractivity contribution in [3.63, 3.8) is 0 Å². The number of methoxy groups -OCH3 is 1. The summed E-state index contributed by atoms with van der Waals surface area (Å²) >= 11 is 1.72. The molecule has 2 unspecified atom stereocenters. The van der Waals surface area contributed by atoms with Crippen molar-refractivity contribution < 1.29 is 19.4 Å². The predicted molar refractivity (Wildman–Crippen MR) is 87.6 cm³/mol. The number of hydrogen-bond acceptors (Lipinski definition) is 5. The number of rotatable bonds is 7. The molecule has 22 heavy (non-hydrogen) atoms. The third-order valence-electron chi connectivity index (χ3n) is 3.44. The summed E-state index contributed by atoms with van der Waals surface area (Å²) in [6.45, 7) is 6.25. The molecule has 0 aromatic heterocycles. The van der Waals surface area contributed by atoms with E-state index in [1.807, 2.05) is 0 Å². The van der Waals surface area contributed by atoms with E-state index in [2.05, 4.69) is 24.2 Å². The van der Waals surface area contributed by atoms with Crippen molar-refractivity contribution in [2.24, 2.45) is 10.9 Å². The monoisotopic (exact) mass is 331 g/mol. The number of carboxylic acid groups (broad SMARTS) is 1. The molecule has 126 valence electrons. The number of likely N-dealkylation sites (N-methyl/N-ethyl adjacent to an activating group) is 1. The quantitative estimate of drug-likeness (QED) is 0.733. The highest BCUT2D eigenvalue weighted by atomic mass is 32.2. The van der Waals surface area contributed by atoms with Crippen LogP contribution in [0.4, 0.5) is 4.79 Å². The summed E-state index contributed by atoms with van der Waals surface area (Å²) < 4.78 is 4.99. The zero-order chi connectivity index (χ0) is 16.9. The van der Waals surface area contributed by atoms with Crippen LogP contribution in [0.3, 0.4) is 0 Å². The van der Waals surface area contributed by atoms with Crippen molar-refractivity contribution in [1.29, 1.82) is 0 Å². The molecule has 2 amide bonds. The van der Waals surface area contributed by atoms with E-state index in [9.17, 15) is 9.59 Å². The summed E-state index contributed by atoms with van der Waals surface area (Å²) in [4.78, 5) is 29.4. The number of amides is 2. The number of nitrogens with zero attached hydrogens (tertiary/aromatic N) is 2. The molecule has 0 aromatic rings. The van der Waals surface area contributed by atoms with E-state index in [0.29, 0.717) is 12.5 Å². The normalized spacial score (nSPS) is 20.5. The largest absolute Gasteiger partial charge is 0.480 e. The van der Waals surface area contributed by atoms with Crippen LogP contribution < -0.4 is 5.32 Å². The molecule has 0 spiro atoms. The van der Waals surface area contributed by atoms with Crippen LogP contribution in [0.25, 0.3) is 0 Å². The van der Waals surface area contributed by atoms with Gasteiger partial charge >= 0.3 is 12.0 Å². The summed E-state index contributed by atoms with van der Waals surface area (Å²) in [7, 11) is 3.05. The minimum Gasteiger partial charge on any atom is -0.480 e. The van der Waals surface area contributed by atoms with Crippen LogP contribution >= 0.6 is 11.8 Å². The molecule has 0 fully saturated rings. The Bertz CT molecular complexity index is 442. The van der Waals surface area contributed by atoms with E-state index in [1.165, 1.54) is 12.0 Å². The number of ether oxygens (including phenoxy) is 1. The number of carbonyl (C=O) groups is 2. The van der Waals surface area contributed by atoms with Crippen LogP contribution in [0.5, 0.6) is 0 Å². The first kappa shape index (κ1) is 18.8. The van der Waals surface area contributed by atoms with E-state index >= 15 is 0 Å². The van der Waals surface area contributed by atoms with E-state index in [0.717, 1.165) is 10.8 Å². The van der Waals surface area contributed by atoms with E-state index < -0.39 is 24.1 Å². The first-order chi connectivity index (χ1) is 10.3. The molecule has 0 aliphatic carbocycles. The van der Waals surface area contributed by atoms with Gasteiger partial charge in [-0.25, -0.2) is 9.59 Å². The highest BCUT2D eigenvalue weighted by Gasteiger charge is 2.29. The molecule has 1 rings (SSSR count). The fraction of sp³-hybridized carbons (Fsp3) is 0.786. The Hall–Kier alpha value is -1.28. The Labute approximate surface area is 135 Å². The molecule has 1 aliphatic rings. The molecule has 2 N–H and O–H groups in total. The van der Waals surface area contributed by atoms with Crippen LogP contribution in [-0.2, 0) is 9.53 Å². The smallest absolute Gasteiger partial charge is 0.328 e. The third kappa shape index (κ3) is 5.17. The highest BCUT2D eigenvalue weighted by Crippen LogP contribution is 2.23. The van der Waals surface area contributed by atoms with Crippen LogP contribution in [0, 0.1) is 5.92 Å².